The third kappa shape index (κ3) is 21.5. The summed E-state index contributed by atoms with van der Waals surface area (Å²) in [4.78, 5) is 96.9. The van der Waals surface area contributed by atoms with Crippen LogP contribution in [0.4, 0.5) is 4.79 Å². The number of fused-ring (bicyclic) bond motifs is 1. The van der Waals surface area contributed by atoms with Gasteiger partial charge in [0.2, 0.25) is 23.6 Å². The summed E-state index contributed by atoms with van der Waals surface area (Å²) in [7, 11) is 0. The van der Waals surface area contributed by atoms with Crippen molar-refractivity contribution in [3.63, 3.8) is 0 Å². The van der Waals surface area contributed by atoms with Crippen LogP contribution in [0.15, 0.2) is 42.5 Å². The lowest BCUT2D eigenvalue weighted by atomic mass is 9.81. The SMILES string of the molecule is CC(=O)NCCOCCOCCOCCC(=O)NCC1CCC(C(=O)N[C@@H](Cc2ccc3ccccc3c2)C(=O)NCCCC[C@H](NC(=O)N[C@@H](CCC(=O)O)C(=O)O)C(=O)O)CC1. The Morgan fingerprint density at radius 1 is 0.641 bits per heavy atom. The fraction of sp³-hybridized carbons (Fsp3) is 0.591. The van der Waals surface area contributed by atoms with E-state index in [0.717, 1.165) is 29.2 Å². The zero-order valence-corrected chi connectivity index (χ0v) is 36.4. The van der Waals surface area contributed by atoms with E-state index in [9.17, 15) is 48.6 Å². The summed E-state index contributed by atoms with van der Waals surface area (Å²) in [5, 5.41) is 45.5. The minimum Gasteiger partial charge on any atom is -0.481 e. The number of ether oxygens (including phenoxy) is 3. The van der Waals surface area contributed by atoms with Crippen LogP contribution in [-0.2, 0) is 54.2 Å². The monoisotopic (exact) mass is 900 g/mol. The fourth-order valence-electron chi connectivity index (χ4n) is 7.03. The molecule has 0 saturated heterocycles. The molecule has 20 heteroatoms. The first-order chi connectivity index (χ1) is 30.7. The highest BCUT2D eigenvalue weighted by Gasteiger charge is 2.30. The van der Waals surface area contributed by atoms with Gasteiger partial charge in [-0.3, -0.25) is 24.0 Å². The molecule has 0 bridgehead atoms. The number of unbranched alkanes of at least 4 members (excludes halogenated alkanes) is 1. The number of carbonyl (C=O) groups excluding carboxylic acids is 5. The van der Waals surface area contributed by atoms with Gasteiger partial charge in [-0.2, -0.15) is 0 Å². The molecule has 2 aromatic carbocycles. The first-order valence-electron chi connectivity index (χ1n) is 21.8. The Bertz CT molecular complexity index is 1840. The summed E-state index contributed by atoms with van der Waals surface area (Å²) in [6.07, 6.45) is 2.72. The summed E-state index contributed by atoms with van der Waals surface area (Å²) in [6.45, 7) is 4.68. The van der Waals surface area contributed by atoms with E-state index in [-0.39, 0.29) is 74.8 Å². The van der Waals surface area contributed by atoms with Crippen LogP contribution in [0.25, 0.3) is 10.8 Å². The third-order valence-corrected chi connectivity index (χ3v) is 10.6. The second-order valence-electron chi connectivity index (χ2n) is 15.7. The lowest BCUT2D eigenvalue weighted by Gasteiger charge is -2.29. The summed E-state index contributed by atoms with van der Waals surface area (Å²) in [5.41, 5.74) is 0.844. The predicted molar refractivity (Wildman–Crippen MR) is 232 cm³/mol. The average Bonchev–Trinajstić information content (AvgIpc) is 3.26. The molecule has 1 saturated carbocycles. The van der Waals surface area contributed by atoms with Crippen LogP contribution in [0.2, 0.25) is 0 Å². The first kappa shape index (κ1) is 52.5. The highest BCUT2D eigenvalue weighted by molar-refractivity contribution is 5.89. The number of hydrogen-bond acceptors (Lipinski definition) is 11. The third-order valence-electron chi connectivity index (χ3n) is 10.6. The van der Waals surface area contributed by atoms with Gasteiger partial charge in [0.25, 0.3) is 0 Å². The Labute approximate surface area is 372 Å². The largest absolute Gasteiger partial charge is 0.481 e. The zero-order chi connectivity index (χ0) is 46.7. The van der Waals surface area contributed by atoms with Crippen LogP contribution >= 0.6 is 0 Å². The number of urea groups is 1. The molecule has 0 unspecified atom stereocenters. The molecule has 0 heterocycles. The Kier molecular flexibility index (Phi) is 24.2. The molecule has 2 aromatic rings. The smallest absolute Gasteiger partial charge is 0.326 e. The van der Waals surface area contributed by atoms with Crippen molar-refractivity contribution < 1.29 is 67.9 Å². The van der Waals surface area contributed by atoms with Gasteiger partial charge in [-0.1, -0.05) is 42.5 Å². The number of rotatable bonds is 31. The van der Waals surface area contributed by atoms with E-state index in [0.29, 0.717) is 65.4 Å². The fourth-order valence-corrected chi connectivity index (χ4v) is 7.03. The number of carbonyl (C=O) groups is 8. The Morgan fingerprint density at radius 2 is 1.27 bits per heavy atom. The highest BCUT2D eigenvalue weighted by atomic mass is 16.5. The molecule has 3 rings (SSSR count). The number of carboxylic acids is 3. The minimum atomic E-state index is -1.53. The van der Waals surface area contributed by atoms with E-state index in [2.05, 4.69) is 31.9 Å². The van der Waals surface area contributed by atoms with Crippen molar-refractivity contribution in [3.8, 4) is 0 Å². The van der Waals surface area contributed by atoms with Crippen molar-refractivity contribution in [2.24, 2.45) is 11.8 Å². The van der Waals surface area contributed by atoms with Crippen molar-refractivity contribution in [1.82, 2.24) is 31.9 Å². The van der Waals surface area contributed by atoms with E-state index in [1.165, 1.54) is 6.92 Å². The molecular weight excluding hydrogens is 837 g/mol. The molecule has 0 aromatic heterocycles. The van der Waals surface area contributed by atoms with Gasteiger partial charge in [0.05, 0.1) is 39.6 Å². The number of nitrogens with one attached hydrogen (secondary N) is 6. The second kappa shape index (κ2) is 29.5. The number of carboxylic acid groups (broad SMARTS) is 3. The maximum Gasteiger partial charge on any atom is 0.326 e. The average molecular weight is 901 g/mol. The molecule has 1 fully saturated rings. The lowest BCUT2D eigenvalue weighted by molar-refractivity contribution is -0.141. The first-order valence-corrected chi connectivity index (χ1v) is 21.8. The van der Waals surface area contributed by atoms with Crippen LogP contribution in [0, 0.1) is 11.8 Å². The second-order valence-corrected chi connectivity index (χ2v) is 15.7. The van der Waals surface area contributed by atoms with E-state index in [1.807, 2.05) is 42.5 Å². The van der Waals surface area contributed by atoms with Gasteiger partial charge in [0, 0.05) is 51.7 Å². The topological polar surface area (TPSA) is 297 Å². The molecule has 6 amide bonds. The molecule has 3 atom stereocenters. The van der Waals surface area contributed by atoms with E-state index >= 15 is 0 Å². The molecule has 0 aliphatic heterocycles. The van der Waals surface area contributed by atoms with E-state index in [1.54, 1.807) is 0 Å². The van der Waals surface area contributed by atoms with Crippen molar-refractivity contribution in [3.05, 3.63) is 48.0 Å². The molecule has 0 spiro atoms. The van der Waals surface area contributed by atoms with Crippen LogP contribution in [0.5, 0.6) is 0 Å². The van der Waals surface area contributed by atoms with Gasteiger partial charge in [-0.15, -0.1) is 0 Å². The number of benzene rings is 2. The molecule has 20 nitrogen and oxygen atoms in total. The lowest BCUT2D eigenvalue weighted by Crippen LogP contribution is -2.51. The Morgan fingerprint density at radius 3 is 1.91 bits per heavy atom. The number of hydrogen-bond donors (Lipinski definition) is 9. The molecule has 9 N–H and O–H groups in total. The summed E-state index contributed by atoms with van der Waals surface area (Å²) < 4.78 is 16.3. The summed E-state index contributed by atoms with van der Waals surface area (Å²) in [5.74, 6) is -5.06. The molecular formula is C44H64N6O14. The molecule has 1 aliphatic rings. The maximum absolute atomic E-state index is 13.6. The van der Waals surface area contributed by atoms with Gasteiger partial charge >= 0.3 is 23.9 Å². The van der Waals surface area contributed by atoms with Gasteiger partial charge < -0.3 is 61.4 Å². The molecule has 64 heavy (non-hydrogen) atoms. The molecule has 1 aliphatic carbocycles. The number of amides is 6. The quantitative estimate of drug-likeness (QED) is 0.0488. The van der Waals surface area contributed by atoms with Gasteiger partial charge in [-0.05, 0) is 73.6 Å². The van der Waals surface area contributed by atoms with Crippen LogP contribution < -0.4 is 31.9 Å². The standard InChI is InChI=1S/C44H64N6O14/c1-29(51)45-19-21-63-23-25-64-24-22-62-20-17-38(52)47-28-30-9-13-33(14-10-30)40(55)48-37(27-31-11-12-32-6-2-3-7-34(32)26-31)41(56)46-18-5-4-8-35(42(57)58)49-44(61)50-36(43(59)60)15-16-39(53)54/h2-3,6-7,11-12,26,30,33,35-37H,4-5,8-10,13-25,27-28H2,1H3,(H,45,51)(H,46,56)(H,47,52)(H,48,55)(H,53,54)(H,57,58)(H,59,60)(H2,49,50,61)/t30?,33?,35-,36-,37-/m0/s1. The van der Waals surface area contributed by atoms with Gasteiger partial charge in [0.1, 0.15) is 18.1 Å². The predicted octanol–water partition coefficient (Wildman–Crippen LogP) is 1.72. The maximum atomic E-state index is 13.6. The van der Waals surface area contributed by atoms with Crippen LogP contribution in [-0.4, -0.2) is 140 Å². The normalized spacial score (nSPS) is 16.1. The van der Waals surface area contributed by atoms with E-state index < -0.39 is 54.4 Å². The van der Waals surface area contributed by atoms with E-state index in [4.69, 9.17) is 19.3 Å². The summed E-state index contributed by atoms with van der Waals surface area (Å²) >= 11 is 0. The minimum absolute atomic E-state index is 0.0398. The molecule has 0 radical (unpaired) electrons. The number of aliphatic carboxylic acids is 3. The zero-order valence-electron chi connectivity index (χ0n) is 36.4. The van der Waals surface area contributed by atoms with Gasteiger partial charge in [0.15, 0.2) is 0 Å². The van der Waals surface area contributed by atoms with Crippen molar-refractivity contribution in [2.45, 2.75) is 95.7 Å². The Hall–Kier alpha value is -5.86. The molecule has 354 valence electrons. The Balaban J connectivity index is 1.41. The summed E-state index contributed by atoms with van der Waals surface area (Å²) in [6, 6.07) is 8.75. The van der Waals surface area contributed by atoms with Gasteiger partial charge in [-0.25, -0.2) is 14.4 Å². The van der Waals surface area contributed by atoms with Crippen molar-refractivity contribution in [1.29, 1.82) is 0 Å². The van der Waals surface area contributed by atoms with Crippen molar-refractivity contribution in [2.75, 3.05) is 59.3 Å². The highest BCUT2D eigenvalue weighted by Crippen LogP contribution is 2.29. The van der Waals surface area contributed by atoms with Crippen molar-refractivity contribution >= 4 is 58.3 Å². The van der Waals surface area contributed by atoms with Crippen LogP contribution in [0.3, 0.4) is 0 Å². The van der Waals surface area contributed by atoms with Crippen LogP contribution in [0.1, 0.15) is 76.7 Å².